The Balaban J connectivity index is 0.000000294. The van der Waals surface area contributed by atoms with Crippen LogP contribution in [-0.2, 0) is 54.0 Å². The molecule has 0 atom stereocenters. The predicted molar refractivity (Wildman–Crippen MR) is 404 cm³/mol. The second-order valence-corrected chi connectivity index (χ2v) is 33.2. The fourth-order valence-electron chi connectivity index (χ4n) is 10.6. The Morgan fingerprint density at radius 1 is 0.453 bits per heavy atom. The maximum absolute atomic E-state index is 12.7. The van der Waals surface area contributed by atoms with Crippen LogP contribution in [0.1, 0.15) is 92.2 Å². The number of carboxylic acid groups (broad SMARTS) is 1. The number of aldehydes is 2. The number of amides is 2. The molecule has 0 aliphatic carbocycles. The molecule has 21 nitrogen and oxygen atoms in total. The number of nitrogens with zero attached hydrogens (tertiary/aromatic N) is 6. The highest BCUT2D eigenvalue weighted by molar-refractivity contribution is 7.89. The fourth-order valence-corrected chi connectivity index (χ4v) is 16.3. The van der Waals surface area contributed by atoms with Gasteiger partial charge in [0.1, 0.15) is 14.7 Å². The van der Waals surface area contributed by atoms with Gasteiger partial charge in [-0.25, -0.2) is 38.2 Å². The normalized spacial score (nSPS) is 15.2. The van der Waals surface area contributed by atoms with Crippen molar-refractivity contribution < 1.29 is 80.7 Å². The first kappa shape index (κ1) is 92.2. The minimum absolute atomic E-state index is 0.0185. The number of alkyl halides is 6. The highest BCUT2D eigenvalue weighted by atomic mass is 35.5. The van der Waals surface area contributed by atoms with Crippen LogP contribution >= 0.6 is 69.6 Å². The quantitative estimate of drug-likeness (QED) is 0.0314. The van der Waals surface area contributed by atoms with Gasteiger partial charge in [0.2, 0.25) is 54.5 Å². The molecular weight excluding hydrogens is 1580 g/mol. The van der Waals surface area contributed by atoms with Gasteiger partial charge in [0, 0.05) is 70.7 Å². The number of carbonyl (C=O) groups excluding carboxylic acids is 4. The molecular formula is C70H85Cl6F6N9O12S3. The molecule has 3 aliphatic heterocycles. The monoisotopic (exact) mass is 1660 g/mol. The molecule has 5 N–H and O–H groups in total. The number of rotatable bonds is 20. The number of sulfonamides is 3. The van der Waals surface area contributed by atoms with Crippen molar-refractivity contribution in [1.29, 1.82) is 0 Å². The third-order valence-corrected chi connectivity index (χ3v) is 25.4. The standard InChI is InChI=1S/2C22H27Cl2N3O3S.C12H18N2.C10H11Cl2NO4S.2C2HF3O/c2*1-26-13-10-17(11-14-26)16-6-8-18(9-7-16)25-21(28)12-15-27(2)31(29,30)20-5-3-4-19(23)22(20)24;1-14-8-6-11(7-9-14)10-2-4-12(13)5-3-10;1-13(6-5-9(14)15)18(16,17)8-4-2-3-7(11)10(8)12;2*3-2(4,5)1-6/h2*3-9,17H,10-15H2,1-2H3,(H,25,28);2-5,11H,6-9,13H2,1H3;2-4H,5-6H2,1H3,(H,14,15);2*1H. The second-order valence-electron chi connectivity index (χ2n) is 24.8. The molecule has 0 spiro atoms. The summed E-state index contributed by atoms with van der Waals surface area (Å²) in [5.41, 5.74) is 12.0. The van der Waals surface area contributed by atoms with Crippen LogP contribution in [0.2, 0.25) is 30.1 Å². The van der Waals surface area contributed by atoms with Crippen molar-refractivity contribution in [2.24, 2.45) is 0 Å². The van der Waals surface area contributed by atoms with Gasteiger partial charge in [-0.15, -0.1) is 0 Å². The van der Waals surface area contributed by atoms with E-state index in [0.717, 1.165) is 76.4 Å². The lowest BCUT2D eigenvalue weighted by Gasteiger charge is -2.29. The first-order valence-corrected chi connectivity index (χ1v) is 39.3. The Kier molecular flexibility index (Phi) is 37.6. The average molecular weight is 1670 g/mol. The van der Waals surface area contributed by atoms with Gasteiger partial charge in [-0.3, -0.25) is 24.0 Å². The van der Waals surface area contributed by atoms with E-state index >= 15 is 0 Å². The Hall–Kier alpha value is -6.20. The molecule has 3 aliphatic rings. The molecule has 36 heteroatoms. The Morgan fingerprint density at radius 3 is 0.925 bits per heavy atom. The Labute approximate surface area is 645 Å². The van der Waals surface area contributed by atoms with E-state index in [4.69, 9.17) is 90.0 Å². The number of anilines is 3. The summed E-state index contributed by atoms with van der Waals surface area (Å²) in [6, 6.07) is 37.3. The number of hydrogen-bond acceptors (Lipinski definition) is 15. The van der Waals surface area contributed by atoms with Crippen LogP contribution in [0.25, 0.3) is 0 Å². The summed E-state index contributed by atoms with van der Waals surface area (Å²) in [7, 11) is -0.946. The van der Waals surface area contributed by atoms with Crippen molar-refractivity contribution >= 4 is 147 Å². The number of benzene rings is 6. The zero-order valence-electron chi connectivity index (χ0n) is 58.7. The molecule has 0 unspecified atom stereocenters. The predicted octanol–water partition coefficient (Wildman–Crippen LogP) is 14.6. The van der Waals surface area contributed by atoms with E-state index in [-0.39, 0.29) is 95.5 Å². The molecule has 106 heavy (non-hydrogen) atoms. The topological polar surface area (TPSA) is 278 Å². The number of nitrogen functional groups attached to an aromatic ring is 1. The first-order valence-electron chi connectivity index (χ1n) is 32.7. The van der Waals surface area contributed by atoms with Gasteiger partial charge in [-0.05, 0) is 206 Å². The number of aliphatic carboxylic acids is 1. The summed E-state index contributed by atoms with van der Waals surface area (Å²) in [4.78, 5) is 59.3. The fraction of sp³-hybridized carbons (Fsp3) is 0.414. The van der Waals surface area contributed by atoms with Crippen molar-refractivity contribution in [3.63, 3.8) is 0 Å². The number of likely N-dealkylation sites (tertiary alicyclic amines) is 3. The minimum Gasteiger partial charge on any atom is -0.481 e. The number of nitrogens with one attached hydrogen (secondary N) is 2. The van der Waals surface area contributed by atoms with E-state index < -0.39 is 61.0 Å². The van der Waals surface area contributed by atoms with Crippen LogP contribution in [-0.4, -0.2) is 202 Å². The van der Waals surface area contributed by atoms with E-state index in [1.165, 1.54) is 118 Å². The van der Waals surface area contributed by atoms with Crippen molar-refractivity contribution in [2.45, 2.75) is 103 Å². The lowest BCUT2D eigenvalue weighted by Crippen LogP contribution is -2.30. The van der Waals surface area contributed by atoms with Crippen LogP contribution in [0, 0.1) is 0 Å². The smallest absolute Gasteiger partial charge is 0.446 e. The van der Waals surface area contributed by atoms with E-state index in [9.17, 15) is 66.0 Å². The van der Waals surface area contributed by atoms with Crippen molar-refractivity contribution in [1.82, 2.24) is 27.6 Å². The molecule has 3 heterocycles. The first-order chi connectivity index (χ1) is 49.5. The van der Waals surface area contributed by atoms with Crippen LogP contribution in [0.5, 0.6) is 0 Å². The summed E-state index contributed by atoms with van der Waals surface area (Å²) in [6.45, 7) is 6.72. The summed E-state index contributed by atoms with van der Waals surface area (Å²) in [6.07, 6.45) is -4.54. The molecule has 2 amide bonds. The molecule has 0 saturated carbocycles. The third-order valence-electron chi connectivity index (χ3n) is 16.9. The Bertz CT molecular complexity index is 4010. The van der Waals surface area contributed by atoms with Crippen LogP contribution < -0.4 is 16.4 Å². The van der Waals surface area contributed by atoms with Gasteiger partial charge < -0.3 is 36.2 Å². The van der Waals surface area contributed by atoms with Gasteiger partial charge in [-0.2, -0.15) is 26.3 Å². The molecule has 6 aromatic rings. The number of halogens is 12. The number of carbonyl (C=O) groups is 5. The highest BCUT2D eigenvalue weighted by Gasteiger charge is 2.30. The van der Waals surface area contributed by atoms with Gasteiger partial charge in [0.05, 0.1) is 36.6 Å². The average Bonchev–Trinajstić information content (AvgIpc) is 0.813. The van der Waals surface area contributed by atoms with E-state index in [1.807, 2.05) is 36.4 Å². The zero-order valence-corrected chi connectivity index (χ0v) is 65.7. The molecule has 584 valence electrons. The van der Waals surface area contributed by atoms with Crippen molar-refractivity contribution in [3.8, 4) is 0 Å². The van der Waals surface area contributed by atoms with E-state index in [2.05, 4.69) is 82.9 Å². The molecule has 6 aromatic carbocycles. The molecule has 9 rings (SSSR count). The van der Waals surface area contributed by atoms with Gasteiger partial charge in [-0.1, -0.05) is 124 Å². The van der Waals surface area contributed by atoms with Crippen LogP contribution in [0.15, 0.2) is 142 Å². The van der Waals surface area contributed by atoms with E-state index in [1.54, 1.807) is 0 Å². The maximum Gasteiger partial charge on any atom is 0.446 e. The van der Waals surface area contributed by atoms with Crippen molar-refractivity contribution in [2.75, 3.05) is 118 Å². The van der Waals surface area contributed by atoms with Crippen molar-refractivity contribution in [3.05, 3.63) is 174 Å². The van der Waals surface area contributed by atoms with Gasteiger partial charge >= 0.3 is 18.3 Å². The van der Waals surface area contributed by atoms with Crippen LogP contribution in [0.4, 0.5) is 43.4 Å². The largest absolute Gasteiger partial charge is 0.481 e. The second kappa shape index (κ2) is 43.3. The lowest BCUT2D eigenvalue weighted by molar-refractivity contribution is -0.156. The Morgan fingerprint density at radius 2 is 0.689 bits per heavy atom. The maximum atomic E-state index is 12.7. The molecule has 3 saturated heterocycles. The molecule has 0 aromatic heterocycles. The summed E-state index contributed by atoms with van der Waals surface area (Å²) in [5, 5.41) is 14.5. The van der Waals surface area contributed by atoms with E-state index in [0.29, 0.717) is 23.2 Å². The summed E-state index contributed by atoms with van der Waals surface area (Å²) < 4.78 is 141. The zero-order chi connectivity index (χ0) is 79.5. The molecule has 3 fully saturated rings. The van der Waals surface area contributed by atoms with Gasteiger partial charge in [0.25, 0.3) is 0 Å². The minimum atomic E-state index is -4.64. The number of carboxylic acids is 1. The number of nitrogens with two attached hydrogens (primary N) is 1. The number of piperidine rings is 3. The summed E-state index contributed by atoms with van der Waals surface area (Å²) in [5.74, 6) is 0.259. The summed E-state index contributed by atoms with van der Waals surface area (Å²) >= 11 is 35.5. The van der Waals surface area contributed by atoms with Crippen LogP contribution in [0.3, 0.4) is 0 Å². The van der Waals surface area contributed by atoms with Gasteiger partial charge in [0.15, 0.2) is 0 Å². The lowest BCUT2D eigenvalue weighted by atomic mass is 9.89. The molecule has 0 radical (unpaired) electrons. The highest BCUT2D eigenvalue weighted by Crippen LogP contribution is 2.35. The third kappa shape index (κ3) is 30.7. The molecule has 0 bridgehead atoms. The SMILES string of the molecule is CN(CCC(=O)O)S(=O)(=O)c1cccc(Cl)c1Cl.CN1CCC(c2ccc(N)cc2)CC1.CN1CCC(c2ccc(NC(=O)CCN(C)S(=O)(=O)c3cccc(Cl)c3Cl)cc2)CC1.CN1CCC(c2ccc(NC(=O)CCN(C)S(=O)(=O)c3cccc(Cl)c3Cl)cc2)CC1.O=CC(F)(F)F.O=CC(F)(F)F. The number of hydrogen-bond donors (Lipinski definition) is 4.